The lowest BCUT2D eigenvalue weighted by molar-refractivity contribution is 0.0458. The number of aliphatic hydroxyl groups is 4. The average molecular weight is 361 g/mol. The van der Waals surface area contributed by atoms with Crippen molar-refractivity contribution >= 4 is 0 Å². The molecule has 3 atom stereocenters. The molecule has 0 aliphatic heterocycles. The fourth-order valence-corrected chi connectivity index (χ4v) is 2.88. The Labute approximate surface area is 153 Å². The fourth-order valence-electron chi connectivity index (χ4n) is 2.88. The molecular weight excluding hydrogens is 334 g/mol. The van der Waals surface area contributed by atoms with Crippen LogP contribution < -0.4 is 0 Å². The van der Waals surface area contributed by atoms with Gasteiger partial charge in [-0.05, 0) is 35.9 Å². The third-order valence-corrected chi connectivity index (χ3v) is 4.30. The van der Waals surface area contributed by atoms with E-state index >= 15 is 0 Å². The van der Waals surface area contributed by atoms with Gasteiger partial charge in [0, 0.05) is 19.5 Å². The van der Waals surface area contributed by atoms with Gasteiger partial charge in [0.1, 0.15) is 5.75 Å². The lowest BCUT2D eigenvalue weighted by Crippen LogP contribution is -2.33. The Kier molecular flexibility index (Phi) is 7.56. The zero-order chi connectivity index (χ0) is 19.1. The van der Waals surface area contributed by atoms with Crippen molar-refractivity contribution in [3.05, 3.63) is 65.2 Å². The molecule has 26 heavy (non-hydrogen) atoms. The lowest BCUT2D eigenvalue weighted by atomic mass is 10.0. The Hall–Kier alpha value is -1.96. The van der Waals surface area contributed by atoms with Gasteiger partial charge in [-0.15, -0.1) is 0 Å². The first kappa shape index (κ1) is 20.4. The maximum Gasteiger partial charge on any atom is 0.115 e. The summed E-state index contributed by atoms with van der Waals surface area (Å²) < 4.78 is 0. The second-order valence-corrected chi connectivity index (χ2v) is 6.64. The van der Waals surface area contributed by atoms with Gasteiger partial charge in [-0.2, -0.15) is 0 Å². The van der Waals surface area contributed by atoms with E-state index in [-0.39, 0.29) is 18.8 Å². The summed E-state index contributed by atoms with van der Waals surface area (Å²) in [7, 11) is 1.78. The van der Waals surface area contributed by atoms with Gasteiger partial charge in [-0.1, -0.05) is 36.4 Å². The molecule has 6 nitrogen and oxygen atoms in total. The molecule has 0 amide bonds. The van der Waals surface area contributed by atoms with Gasteiger partial charge >= 0.3 is 0 Å². The topological polar surface area (TPSA) is 104 Å². The van der Waals surface area contributed by atoms with Gasteiger partial charge in [0.05, 0.1) is 24.9 Å². The molecule has 5 N–H and O–H groups in total. The average Bonchev–Trinajstić information content (AvgIpc) is 2.61. The molecular formula is C20H27NO5. The van der Waals surface area contributed by atoms with Crippen molar-refractivity contribution in [3.8, 4) is 5.75 Å². The molecule has 2 rings (SSSR count). The van der Waals surface area contributed by atoms with Crippen LogP contribution in [0.2, 0.25) is 0 Å². The Morgan fingerprint density at radius 2 is 1.58 bits per heavy atom. The second kappa shape index (κ2) is 9.66. The highest BCUT2D eigenvalue weighted by Gasteiger charge is 2.18. The summed E-state index contributed by atoms with van der Waals surface area (Å²) in [5.41, 5.74) is 2.06. The number of hydrogen-bond donors (Lipinski definition) is 5. The van der Waals surface area contributed by atoms with Crippen molar-refractivity contribution in [1.82, 2.24) is 4.90 Å². The van der Waals surface area contributed by atoms with Crippen molar-refractivity contribution in [2.24, 2.45) is 0 Å². The fraction of sp³-hybridized carbons (Fsp3) is 0.400. The summed E-state index contributed by atoms with van der Waals surface area (Å²) in [4.78, 5) is 1.78. The summed E-state index contributed by atoms with van der Waals surface area (Å²) >= 11 is 0. The van der Waals surface area contributed by atoms with E-state index in [0.717, 1.165) is 5.56 Å². The molecule has 0 radical (unpaired) electrons. The Balaban J connectivity index is 1.82. The van der Waals surface area contributed by atoms with Gasteiger partial charge in [-0.3, -0.25) is 0 Å². The van der Waals surface area contributed by atoms with Gasteiger partial charge < -0.3 is 30.4 Å². The number of rotatable bonds is 9. The third-order valence-electron chi connectivity index (χ3n) is 4.30. The number of nitrogens with zero attached hydrogens (tertiary/aromatic N) is 1. The first-order valence-electron chi connectivity index (χ1n) is 8.60. The van der Waals surface area contributed by atoms with E-state index in [0.29, 0.717) is 24.2 Å². The summed E-state index contributed by atoms with van der Waals surface area (Å²) in [6.07, 6.45) is -2.17. The van der Waals surface area contributed by atoms with Crippen LogP contribution in [-0.2, 0) is 6.61 Å². The maximum absolute atomic E-state index is 10.2. The largest absolute Gasteiger partial charge is 0.508 e. The molecule has 2 aromatic carbocycles. The van der Waals surface area contributed by atoms with Crippen LogP contribution in [0.25, 0.3) is 0 Å². The highest BCUT2D eigenvalue weighted by atomic mass is 16.3. The number of benzene rings is 2. The van der Waals surface area contributed by atoms with Crippen molar-refractivity contribution in [3.63, 3.8) is 0 Å². The Morgan fingerprint density at radius 1 is 0.885 bits per heavy atom. The molecule has 0 aliphatic carbocycles. The normalized spacial score (nSPS) is 15.0. The summed E-state index contributed by atoms with van der Waals surface area (Å²) in [5, 5.41) is 49.2. The third kappa shape index (κ3) is 6.09. The van der Waals surface area contributed by atoms with Crippen LogP contribution in [0.4, 0.5) is 0 Å². The van der Waals surface area contributed by atoms with Crippen molar-refractivity contribution in [2.45, 2.75) is 31.3 Å². The van der Waals surface area contributed by atoms with Crippen LogP contribution in [0, 0.1) is 0 Å². The summed E-state index contributed by atoms with van der Waals surface area (Å²) in [6, 6.07) is 13.4. The molecule has 2 aromatic rings. The molecule has 0 fully saturated rings. The molecule has 0 bridgehead atoms. The Morgan fingerprint density at radius 3 is 2.19 bits per heavy atom. The van der Waals surface area contributed by atoms with E-state index in [1.807, 2.05) is 0 Å². The minimum Gasteiger partial charge on any atom is -0.508 e. The minimum atomic E-state index is -0.804. The van der Waals surface area contributed by atoms with Crippen molar-refractivity contribution in [2.75, 3.05) is 20.1 Å². The van der Waals surface area contributed by atoms with E-state index in [2.05, 4.69) is 0 Å². The Bertz CT molecular complexity index is 676. The quantitative estimate of drug-likeness (QED) is 0.462. The van der Waals surface area contributed by atoms with Crippen molar-refractivity contribution in [1.29, 1.82) is 0 Å². The van der Waals surface area contributed by atoms with Crippen LogP contribution >= 0.6 is 0 Å². The highest BCUT2D eigenvalue weighted by Crippen LogP contribution is 2.21. The number of hydrogen-bond acceptors (Lipinski definition) is 6. The van der Waals surface area contributed by atoms with E-state index < -0.39 is 18.3 Å². The molecule has 6 heteroatoms. The van der Waals surface area contributed by atoms with Crippen LogP contribution in [0.15, 0.2) is 48.5 Å². The van der Waals surface area contributed by atoms with Gasteiger partial charge in [0.2, 0.25) is 0 Å². The molecule has 142 valence electrons. The number of aromatic hydroxyl groups is 1. The molecule has 0 aliphatic rings. The van der Waals surface area contributed by atoms with Crippen LogP contribution in [0.5, 0.6) is 5.75 Å². The molecule has 0 saturated heterocycles. The highest BCUT2D eigenvalue weighted by molar-refractivity contribution is 5.28. The summed E-state index contributed by atoms with van der Waals surface area (Å²) in [6.45, 7) is 0.536. The van der Waals surface area contributed by atoms with E-state index in [1.165, 1.54) is 12.1 Å². The number of phenols is 1. The van der Waals surface area contributed by atoms with E-state index in [1.54, 1.807) is 48.3 Å². The molecule has 0 unspecified atom stereocenters. The summed E-state index contributed by atoms with van der Waals surface area (Å²) in [5.74, 6) is 0.0968. The molecule has 0 aromatic heterocycles. The number of aliphatic hydroxyl groups excluding tert-OH is 4. The number of likely N-dealkylation sites (N-methyl/N-ethyl adjacent to an activating group) is 1. The van der Waals surface area contributed by atoms with Crippen LogP contribution in [0.3, 0.4) is 0 Å². The van der Waals surface area contributed by atoms with E-state index in [9.17, 15) is 20.4 Å². The first-order valence-corrected chi connectivity index (χ1v) is 8.60. The van der Waals surface area contributed by atoms with Crippen LogP contribution in [0.1, 0.15) is 35.3 Å². The zero-order valence-corrected chi connectivity index (χ0v) is 14.9. The standard InChI is InChI=1S/C20H27NO5/c1-21(12-20(26)16-3-2-4-17(23)9-16)11-18(24)10-19(25)15-7-5-14(13-22)6-8-15/h2-9,18-20,22-26H,10-13H2,1H3/t18-,19+,20+/m0/s1. The number of phenolic OH excluding ortho intramolecular Hbond substituents is 1. The second-order valence-electron chi connectivity index (χ2n) is 6.64. The minimum absolute atomic E-state index is 0.0503. The smallest absolute Gasteiger partial charge is 0.115 e. The molecule has 0 saturated carbocycles. The predicted molar refractivity (Wildman–Crippen MR) is 98.5 cm³/mol. The van der Waals surface area contributed by atoms with Gasteiger partial charge in [0.25, 0.3) is 0 Å². The van der Waals surface area contributed by atoms with E-state index in [4.69, 9.17) is 5.11 Å². The maximum atomic E-state index is 10.2. The van der Waals surface area contributed by atoms with Gasteiger partial charge in [-0.25, -0.2) is 0 Å². The first-order chi connectivity index (χ1) is 12.4. The molecule has 0 heterocycles. The monoisotopic (exact) mass is 361 g/mol. The van der Waals surface area contributed by atoms with Crippen molar-refractivity contribution < 1.29 is 25.5 Å². The van der Waals surface area contributed by atoms with Gasteiger partial charge in [0.15, 0.2) is 0 Å². The molecule has 0 spiro atoms. The lowest BCUT2D eigenvalue weighted by Gasteiger charge is -2.24. The zero-order valence-electron chi connectivity index (χ0n) is 14.9. The van der Waals surface area contributed by atoms with Crippen LogP contribution in [-0.4, -0.2) is 56.7 Å². The predicted octanol–water partition coefficient (Wildman–Crippen LogP) is 1.33. The SMILES string of the molecule is CN(C[C@@H](O)C[C@@H](O)c1ccc(CO)cc1)C[C@@H](O)c1cccc(O)c1.